The Labute approximate surface area is 190 Å². The molecule has 1 amide bonds. The van der Waals surface area contributed by atoms with E-state index < -0.39 is 10.0 Å². The maximum absolute atomic E-state index is 13.0. The summed E-state index contributed by atoms with van der Waals surface area (Å²) in [5.41, 5.74) is 1.54. The first kappa shape index (κ1) is 21.8. The number of hydrogen-bond acceptors (Lipinski definition) is 5. The number of rotatable bonds is 5. The lowest BCUT2D eigenvalue weighted by Gasteiger charge is -2.34. The summed E-state index contributed by atoms with van der Waals surface area (Å²) in [4.78, 5) is 18.3. The first-order valence-corrected chi connectivity index (χ1v) is 11.7. The van der Waals surface area contributed by atoms with Crippen molar-refractivity contribution < 1.29 is 13.2 Å². The number of benzene rings is 2. The number of halogens is 2. The number of sulfonamides is 1. The fourth-order valence-electron chi connectivity index (χ4n) is 3.43. The molecule has 1 aliphatic rings. The van der Waals surface area contributed by atoms with Crippen molar-refractivity contribution in [2.24, 2.45) is 0 Å². The topological polar surface area (TPSA) is 88.4 Å². The summed E-state index contributed by atoms with van der Waals surface area (Å²) in [6.45, 7) is 1.46. The molecule has 2 aromatic carbocycles. The van der Waals surface area contributed by atoms with Crippen molar-refractivity contribution in [3.8, 4) is 0 Å². The summed E-state index contributed by atoms with van der Waals surface area (Å²) >= 11 is 12.2. The van der Waals surface area contributed by atoms with Crippen LogP contribution >= 0.6 is 23.2 Å². The molecule has 0 atom stereocenters. The molecule has 0 aliphatic carbocycles. The summed E-state index contributed by atoms with van der Waals surface area (Å²) in [6, 6.07) is 11.9. The number of hydrogen-bond donors (Lipinski definition) is 0. The van der Waals surface area contributed by atoms with Gasteiger partial charge in [0.05, 0.1) is 16.6 Å². The van der Waals surface area contributed by atoms with Crippen LogP contribution in [0.5, 0.6) is 0 Å². The van der Waals surface area contributed by atoms with Gasteiger partial charge >= 0.3 is 0 Å². The molecule has 2 heterocycles. The fourth-order valence-corrected chi connectivity index (χ4v) is 5.94. The summed E-state index contributed by atoms with van der Waals surface area (Å²) in [6.07, 6.45) is 3.10. The van der Waals surface area contributed by atoms with E-state index in [0.29, 0.717) is 12.1 Å². The van der Waals surface area contributed by atoms with E-state index in [2.05, 4.69) is 10.1 Å². The van der Waals surface area contributed by atoms with E-state index >= 15 is 0 Å². The van der Waals surface area contributed by atoms with Gasteiger partial charge in [0.15, 0.2) is 0 Å². The first-order valence-electron chi connectivity index (χ1n) is 9.51. The van der Waals surface area contributed by atoms with Gasteiger partial charge in [-0.2, -0.15) is 9.40 Å². The molecule has 31 heavy (non-hydrogen) atoms. The van der Waals surface area contributed by atoms with Gasteiger partial charge in [0.25, 0.3) is 5.91 Å². The number of carbonyl (C=O) groups excluding carboxylic acids is 1. The lowest BCUT2D eigenvalue weighted by Crippen LogP contribution is -2.50. The smallest absolute Gasteiger partial charge is 0.253 e. The van der Waals surface area contributed by atoms with Crippen molar-refractivity contribution in [2.45, 2.75) is 11.4 Å². The van der Waals surface area contributed by atoms with Gasteiger partial charge < -0.3 is 4.90 Å². The number of nitrogens with zero attached hydrogens (tertiary/aromatic N) is 5. The summed E-state index contributed by atoms with van der Waals surface area (Å²) in [7, 11) is -3.85. The van der Waals surface area contributed by atoms with Crippen LogP contribution < -0.4 is 0 Å². The molecule has 0 spiro atoms. The second-order valence-corrected chi connectivity index (χ2v) is 9.73. The van der Waals surface area contributed by atoms with Crippen molar-refractivity contribution in [1.29, 1.82) is 0 Å². The minimum atomic E-state index is -3.85. The largest absolute Gasteiger partial charge is 0.336 e. The molecule has 1 aliphatic heterocycles. The molecule has 8 nitrogen and oxygen atoms in total. The summed E-state index contributed by atoms with van der Waals surface area (Å²) in [5.74, 6) is -0.139. The molecule has 3 aromatic rings. The fraction of sp³-hybridized carbons (Fsp3) is 0.250. The Morgan fingerprint density at radius 2 is 1.61 bits per heavy atom. The molecular weight excluding hydrogens is 461 g/mol. The Kier molecular flexibility index (Phi) is 6.29. The maximum Gasteiger partial charge on any atom is 0.253 e. The Balaban J connectivity index is 1.41. The van der Waals surface area contributed by atoms with Crippen molar-refractivity contribution in [3.63, 3.8) is 0 Å². The van der Waals surface area contributed by atoms with Crippen LogP contribution in [0.4, 0.5) is 0 Å². The molecule has 1 aromatic heterocycles. The second kappa shape index (κ2) is 8.96. The average Bonchev–Trinajstić information content (AvgIpc) is 3.27. The van der Waals surface area contributed by atoms with Crippen molar-refractivity contribution in [3.05, 3.63) is 76.3 Å². The summed E-state index contributed by atoms with van der Waals surface area (Å²) in [5, 5.41) is 4.22. The Morgan fingerprint density at radius 1 is 0.968 bits per heavy atom. The predicted octanol–water partition coefficient (Wildman–Crippen LogP) is 2.78. The average molecular weight is 480 g/mol. The maximum atomic E-state index is 13.0. The predicted molar refractivity (Wildman–Crippen MR) is 117 cm³/mol. The van der Waals surface area contributed by atoms with Crippen LogP contribution in [0.1, 0.15) is 15.9 Å². The van der Waals surface area contributed by atoms with E-state index in [1.165, 1.54) is 22.8 Å². The third-order valence-corrected chi connectivity index (χ3v) is 7.91. The Hall–Kier alpha value is -2.46. The van der Waals surface area contributed by atoms with Gasteiger partial charge in [-0.05, 0) is 29.8 Å². The highest BCUT2D eigenvalue weighted by Gasteiger charge is 2.33. The van der Waals surface area contributed by atoms with E-state index in [0.717, 1.165) is 5.56 Å². The van der Waals surface area contributed by atoms with Gasteiger partial charge in [-0.25, -0.2) is 18.1 Å². The van der Waals surface area contributed by atoms with Crippen molar-refractivity contribution >= 4 is 39.1 Å². The van der Waals surface area contributed by atoms with E-state index in [9.17, 15) is 13.2 Å². The lowest BCUT2D eigenvalue weighted by molar-refractivity contribution is 0.0698. The minimum absolute atomic E-state index is 0.0805. The van der Waals surface area contributed by atoms with Gasteiger partial charge in [-0.3, -0.25) is 4.79 Å². The zero-order valence-electron chi connectivity index (χ0n) is 16.4. The molecule has 4 rings (SSSR count). The molecule has 0 saturated carbocycles. The molecule has 1 saturated heterocycles. The van der Waals surface area contributed by atoms with Crippen LogP contribution in [-0.2, 0) is 16.6 Å². The van der Waals surface area contributed by atoms with Gasteiger partial charge in [-0.1, -0.05) is 41.4 Å². The molecule has 11 heteroatoms. The SMILES string of the molecule is O=C(c1ccc(Cn2cncn2)cc1)N1CCN(S(=O)(=O)c2c(Cl)cccc2Cl)CC1. The normalized spacial score (nSPS) is 15.2. The van der Waals surface area contributed by atoms with Gasteiger partial charge in [0.2, 0.25) is 10.0 Å². The van der Waals surface area contributed by atoms with Crippen molar-refractivity contribution in [2.75, 3.05) is 26.2 Å². The highest BCUT2D eigenvalue weighted by Crippen LogP contribution is 2.32. The number of aromatic nitrogens is 3. The van der Waals surface area contributed by atoms with E-state index in [1.54, 1.807) is 34.1 Å². The monoisotopic (exact) mass is 479 g/mol. The molecule has 1 fully saturated rings. The second-order valence-electron chi connectivity index (χ2n) is 7.04. The highest BCUT2D eigenvalue weighted by atomic mass is 35.5. The lowest BCUT2D eigenvalue weighted by atomic mass is 10.1. The van der Waals surface area contributed by atoms with Gasteiger partial charge in [-0.15, -0.1) is 0 Å². The highest BCUT2D eigenvalue weighted by molar-refractivity contribution is 7.89. The zero-order valence-corrected chi connectivity index (χ0v) is 18.7. The van der Waals surface area contributed by atoms with Crippen molar-refractivity contribution in [1.82, 2.24) is 24.0 Å². The minimum Gasteiger partial charge on any atom is -0.336 e. The quantitative estimate of drug-likeness (QED) is 0.561. The van der Waals surface area contributed by atoms with Gasteiger partial charge in [0.1, 0.15) is 17.6 Å². The van der Waals surface area contributed by atoms with Crippen LogP contribution in [-0.4, -0.2) is 64.5 Å². The number of amides is 1. The van der Waals surface area contributed by atoms with Crippen LogP contribution in [0.3, 0.4) is 0 Å². The third kappa shape index (κ3) is 4.59. The molecule has 0 unspecified atom stereocenters. The van der Waals surface area contributed by atoms with E-state index in [1.807, 2.05) is 12.1 Å². The number of carbonyl (C=O) groups is 1. The summed E-state index contributed by atoms with van der Waals surface area (Å²) < 4.78 is 29.0. The molecule has 0 N–H and O–H groups in total. The Morgan fingerprint density at radius 3 is 2.19 bits per heavy atom. The number of piperazine rings is 1. The van der Waals surface area contributed by atoms with Crippen LogP contribution in [0.25, 0.3) is 0 Å². The standard InChI is InChI=1S/C20H19Cl2N5O3S/c21-17-2-1-3-18(22)19(17)31(29,30)27-10-8-25(9-11-27)20(28)16-6-4-15(5-7-16)12-26-14-23-13-24-26/h1-7,13-14H,8-12H2. The van der Waals surface area contributed by atoms with Crippen LogP contribution in [0.2, 0.25) is 10.0 Å². The van der Waals surface area contributed by atoms with E-state index in [4.69, 9.17) is 23.2 Å². The van der Waals surface area contributed by atoms with Crippen LogP contribution in [0, 0.1) is 0 Å². The molecule has 162 valence electrons. The molecule has 0 radical (unpaired) electrons. The van der Waals surface area contributed by atoms with Crippen LogP contribution in [0.15, 0.2) is 60.0 Å². The Bertz CT molecular complexity index is 1160. The van der Waals surface area contributed by atoms with E-state index in [-0.39, 0.29) is 47.0 Å². The first-order chi connectivity index (χ1) is 14.9. The van der Waals surface area contributed by atoms with Gasteiger partial charge in [0, 0.05) is 31.7 Å². The third-order valence-electron chi connectivity index (χ3n) is 5.05. The molecule has 0 bridgehead atoms. The zero-order chi connectivity index (χ0) is 22.0. The molecular formula is C20H19Cl2N5O3S.